The molecule has 0 fully saturated rings. The molecule has 0 bridgehead atoms. The number of hydrogen-bond acceptors (Lipinski definition) is 12. The van der Waals surface area contributed by atoms with Gasteiger partial charge in [-0.05, 0) is 21.6 Å². The molecule has 0 aliphatic rings. The quantitative estimate of drug-likeness (QED) is 0.0804. The molecule has 15 nitrogen and oxygen atoms in total. The highest BCUT2D eigenvalue weighted by Crippen LogP contribution is 2.39. The molecule has 3 heterocycles. The molecule has 3 rings (SSSR count). The van der Waals surface area contributed by atoms with Crippen LogP contribution >= 0.6 is 34.2 Å². The SMILES string of the molecule is C.C[N+](C)(C)[C@@H](Cc1[nH]cnc1S)C(=O)[O-].C[N+](C)(C)[C@@H](Cc1[nH]cnc1SSc1nc[nH]c1C[C@@H](C(=O)[O-])[N+](C)(C)C)C(=O)[O-]. The van der Waals surface area contributed by atoms with Crippen LogP contribution in [-0.2, 0) is 33.6 Å². The van der Waals surface area contributed by atoms with Crippen LogP contribution in [0.2, 0.25) is 0 Å². The van der Waals surface area contributed by atoms with Crippen LogP contribution in [0.25, 0.3) is 0 Å². The van der Waals surface area contributed by atoms with Crippen molar-refractivity contribution in [3.63, 3.8) is 0 Å². The van der Waals surface area contributed by atoms with Gasteiger partial charge in [0.2, 0.25) is 0 Å². The summed E-state index contributed by atoms with van der Waals surface area (Å²) in [6, 6.07) is -2.08. The van der Waals surface area contributed by atoms with Crippen molar-refractivity contribution in [1.29, 1.82) is 0 Å². The van der Waals surface area contributed by atoms with Crippen LogP contribution in [0.15, 0.2) is 34.1 Å². The topological polar surface area (TPSA) is 206 Å². The zero-order valence-electron chi connectivity index (χ0n) is 27.0. The lowest BCUT2D eigenvalue weighted by molar-refractivity contribution is -0.889. The number of carbonyl (C=O) groups is 3. The van der Waals surface area contributed by atoms with Crippen molar-refractivity contribution in [1.82, 2.24) is 29.9 Å². The summed E-state index contributed by atoms with van der Waals surface area (Å²) in [5.41, 5.74) is 2.12. The third-order valence-electron chi connectivity index (χ3n) is 7.07. The van der Waals surface area contributed by atoms with Crippen molar-refractivity contribution in [2.45, 2.75) is 59.9 Å². The van der Waals surface area contributed by atoms with E-state index in [9.17, 15) is 29.7 Å². The highest BCUT2D eigenvalue weighted by atomic mass is 33.1. The minimum Gasteiger partial charge on any atom is -0.544 e. The fourth-order valence-electron chi connectivity index (χ4n) is 4.20. The highest BCUT2D eigenvalue weighted by Gasteiger charge is 2.30. The predicted molar refractivity (Wildman–Crippen MR) is 173 cm³/mol. The van der Waals surface area contributed by atoms with Gasteiger partial charge >= 0.3 is 0 Å². The van der Waals surface area contributed by atoms with Crippen LogP contribution in [0, 0.1) is 0 Å². The Labute approximate surface area is 283 Å². The van der Waals surface area contributed by atoms with Gasteiger partial charge in [-0.25, -0.2) is 15.0 Å². The average molecular weight is 702 g/mol. The number of carbonyl (C=O) groups excluding carboxylic acids is 3. The molecule has 46 heavy (non-hydrogen) atoms. The van der Waals surface area contributed by atoms with Crippen molar-refractivity contribution >= 4 is 52.1 Å². The molecule has 0 saturated heterocycles. The first-order valence-electron chi connectivity index (χ1n) is 13.8. The van der Waals surface area contributed by atoms with Crippen molar-refractivity contribution in [2.75, 3.05) is 63.4 Å². The number of nitrogens with zero attached hydrogens (tertiary/aromatic N) is 6. The van der Waals surface area contributed by atoms with Crippen LogP contribution < -0.4 is 15.3 Å². The molecule has 18 heteroatoms. The Kier molecular flexibility index (Phi) is 14.9. The minimum absolute atomic E-state index is 0. The zero-order chi connectivity index (χ0) is 34.3. The van der Waals surface area contributed by atoms with Gasteiger partial charge in [0.05, 0.1) is 117 Å². The fraction of sp³-hybridized carbons (Fsp3) is 0.571. The number of aromatic amines is 3. The molecule has 0 aliphatic carbocycles. The molecule has 0 spiro atoms. The van der Waals surface area contributed by atoms with Crippen LogP contribution in [-0.4, -0.2) is 143 Å². The Morgan fingerprint density at radius 3 is 1.17 bits per heavy atom. The molecule has 0 aliphatic heterocycles. The van der Waals surface area contributed by atoms with Crippen molar-refractivity contribution in [3.05, 3.63) is 36.1 Å². The number of nitrogens with one attached hydrogen (secondary N) is 3. The van der Waals surface area contributed by atoms with Crippen LogP contribution in [0.5, 0.6) is 0 Å². The standard InChI is InChI=1S/C18H28N6O4S2.C9H15N3O2S.CH4/c1-23(2,3)13(17(25)26)7-11-15(21-9-19-11)29-30-16-12(20-10-22-16)8-14(18(27)28)24(4,5)6;1-12(2,3)7(9(13)14)4-6-8(15)11-5-10-6;/h9-10,13-14H,7-8H2,1-6H3,(H2-2,19,20,21,22,25,26,27,28);5,7H,4H2,1-3H3,(H2-,10,11,13,14,15);1H4/t13-,14-;7-;/m00./s1. The van der Waals surface area contributed by atoms with Gasteiger partial charge in [0.1, 0.15) is 33.2 Å². The summed E-state index contributed by atoms with van der Waals surface area (Å²) >= 11 is 4.13. The van der Waals surface area contributed by atoms with E-state index in [-0.39, 0.29) is 29.2 Å². The lowest BCUT2D eigenvalue weighted by Gasteiger charge is -2.34. The first kappa shape index (κ1) is 41.0. The van der Waals surface area contributed by atoms with Crippen LogP contribution in [0.3, 0.4) is 0 Å². The summed E-state index contributed by atoms with van der Waals surface area (Å²) < 4.78 is 0.740. The first-order chi connectivity index (χ1) is 20.6. The Bertz CT molecular complexity index is 1360. The molecule has 3 N–H and O–H groups in total. The maximum atomic E-state index is 11.6. The summed E-state index contributed by atoms with van der Waals surface area (Å²) in [6.45, 7) is 0. The van der Waals surface area contributed by atoms with Crippen molar-refractivity contribution < 1.29 is 43.2 Å². The van der Waals surface area contributed by atoms with E-state index in [4.69, 9.17) is 0 Å². The highest BCUT2D eigenvalue weighted by molar-refractivity contribution is 8.76. The summed E-state index contributed by atoms with van der Waals surface area (Å²) in [6.07, 6.45) is 5.38. The van der Waals surface area contributed by atoms with Crippen molar-refractivity contribution in [2.24, 2.45) is 0 Å². The normalized spacial score (nSPS) is 14.0. The van der Waals surface area contributed by atoms with E-state index < -0.39 is 36.0 Å². The number of rotatable bonds is 15. The Hall–Kier alpha value is -3.03. The molecule has 0 saturated carbocycles. The number of aromatic nitrogens is 6. The molecule has 258 valence electrons. The fourth-order valence-corrected chi connectivity index (χ4v) is 6.58. The zero-order valence-corrected chi connectivity index (χ0v) is 29.5. The number of carboxylic acids is 3. The molecule has 0 aromatic carbocycles. The van der Waals surface area contributed by atoms with Gasteiger partial charge in [-0.15, -0.1) is 12.6 Å². The van der Waals surface area contributed by atoms with E-state index in [1.807, 2.05) is 21.1 Å². The van der Waals surface area contributed by atoms with E-state index in [2.05, 4.69) is 42.5 Å². The van der Waals surface area contributed by atoms with Crippen molar-refractivity contribution in [3.8, 4) is 0 Å². The Balaban J connectivity index is 0.000000557. The molecular formula is C28H47N9O6S3. The summed E-state index contributed by atoms with van der Waals surface area (Å²) in [5, 5.41) is 36.0. The van der Waals surface area contributed by atoms with Gasteiger partial charge in [0, 0.05) is 19.3 Å². The van der Waals surface area contributed by atoms with E-state index in [1.54, 1.807) is 42.3 Å². The molecule has 0 unspecified atom stereocenters. The summed E-state index contributed by atoms with van der Waals surface area (Å²) in [7, 11) is 18.9. The Morgan fingerprint density at radius 1 is 0.630 bits per heavy atom. The van der Waals surface area contributed by atoms with Gasteiger partial charge < -0.3 is 58.1 Å². The van der Waals surface area contributed by atoms with Crippen LogP contribution in [0.1, 0.15) is 24.5 Å². The maximum absolute atomic E-state index is 11.6. The second-order valence-corrected chi connectivity index (χ2v) is 15.7. The molecule has 0 amide bonds. The Morgan fingerprint density at radius 2 is 0.913 bits per heavy atom. The van der Waals surface area contributed by atoms with Gasteiger partial charge in [-0.1, -0.05) is 7.43 Å². The van der Waals surface area contributed by atoms with Gasteiger partial charge in [0.15, 0.2) is 0 Å². The van der Waals surface area contributed by atoms with Gasteiger partial charge in [-0.3, -0.25) is 0 Å². The third-order valence-corrected chi connectivity index (χ3v) is 9.75. The number of aliphatic carboxylic acids is 3. The second kappa shape index (κ2) is 16.7. The maximum Gasteiger partial charge on any atom is 0.134 e. The van der Waals surface area contributed by atoms with E-state index in [1.165, 1.54) is 40.6 Å². The molecule has 3 aromatic rings. The van der Waals surface area contributed by atoms with E-state index in [0.717, 1.165) is 5.69 Å². The van der Waals surface area contributed by atoms with E-state index >= 15 is 0 Å². The lowest BCUT2D eigenvalue weighted by atomic mass is 10.1. The molecule has 0 radical (unpaired) electrons. The smallest absolute Gasteiger partial charge is 0.134 e. The number of hydrogen-bond donors (Lipinski definition) is 4. The number of H-pyrrole nitrogens is 3. The monoisotopic (exact) mass is 701 g/mol. The first-order valence-corrected chi connectivity index (χ1v) is 16.4. The van der Waals surface area contributed by atoms with Gasteiger partial charge in [-0.2, -0.15) is 0 Å². The van der Waals surface area contributed by atoms with Gasteiger partial charge in [0.25, 0.3) is 0 Å². The molecule has 3 atom stereocenters. The number of likely N-dealkylation sites (N-methyl/N-ethyl adjacent to an activating group) is 3. The molecular weight excluding hydrogens is 655 g/mol. The number of carboxylic acid groups (broad SMARTS) is 3. The number of thiol groups is 1. The largest absolute Gasteiger partial charge is 0.544 e. The summed E-state index contributed by atoms with van der Waals surface area (Å²) in [4.78, 5) is 55.5. The molecule has 3 aromatic heterocycles. The lowest BCUT2D eigenvalue weighted by Crippen LogP contribution is -2.56. The van der Waals surface area contributed by atoms with E-state index in [0.29, 0.717) is 37.4 Å². The predicted octanol–water partition coefficient (Wildman–Crippen LogP) is -1.63. The second-order valence-electron chi connectivity index (χ2n) is 13.2. The number of imidazole rings is 3. The average Bonchev–Trinajstić information content (AvgIpc) is 3.62. The number of quaternary nitrogens is 3. The summed E-state index contributed by atoms with van der Waals surface area (Å²) in [5.74, 6) is -3.31. The van der Waals surface area contributed by atoms with Crippen LogP contribution in [0.4, 0.5) is 0 Å². The third kappa shape index (κ3) is 12.0. The minimum atomic E-state index is -1.12.